The van der Waals surface area contributed by atoms with Crippen LogP contribution in [0, 0.1) is 34.9 Å². The van der Waals surface area contributed by atoms with Crippen molar-refractivity contribution < 1.29 is 43.2 Å². The molecule has 1 unspecified atom stereocenters. The van der Waals surface area contributed by atoms with Crippen LogP contribution in [0.1, 0.15) is 6.92 Å². The molecular weight excluding hydrogens is 474 g/mol. The van der Waals surface area contributed by atoms with E-state index in [4.69, 9.17) is 0 Å². The zero-order valence-electron chi connectivity index (χ0n) is 15.6. The summed E-state index contributed by atoms with van der Waals surface area (Å²) in [6.45, 7) is -0.397. The Morgan fingerprint density at radius 3 is 1.55 bits per heavy atom. The second-order valence-electron chi connectivity index (χ2n) is 6.72. The summed E-state index contributed by atoms with van der Waals surface area (Å²) in [5.41, 5.74) is 0. The second-order valence-corrected chi connectivity index (χ2v) is 10.5. The van der Waals surface area contributed by atoms with Crippen molar-refractivity contribution in [3.05, 3.63) is 59.2 Å². The molecule has 14 heteroatoms. The van der Waals surface area contributed by atoms with Crippen LogP contribution in [0.2, 0.25) is 0 Å². The van der Waals surface area contributed by atoms with Crippen LogP contribution in [0.4, 0.5) is 26.3 Å². The van der Waals surface area contributed by atoms with Gasteiger partial charge in [-0.1, -0.05) is 0 Å². The van der Waals surface area contributed by atoms with Crippen LogP contribution in [0.15, 0.2) is 34.1 Å². The highest BCUT2D eigenvalue weighted by atomic mass is 32.2. The summed E-state index contributed by atoms with van der Waals surface area (Å²) < 4.78 is 133. The van der Waals surface area contributed by atoms with Crippen molar-refractivity contribution in [3.63, 3.8) is 0 Å². The van der Waals surface area contributed by atoms with Crippen LogP contribution in [-0.2, 0) is 20.0 Å². The first kappa shape index (κ1) is 23.5. The maximum absolute atomic E-state index is 14.0. The molecule has 2 aromatic carbocycles. The Morgan fingerprint density at radius 2 is 1.10 bits per heavy atom. The third kappa shape index (κ3) is 4.16. The molecule has 170 valence electrons. The molecule has 1 heterocycles. The standard InChI is InChI=1S/C17H14F6N2O4S2/c1-9-8-24(30(26,27)16-6-12(20)10(18)4-14(16)22)2-3-25(9)31(28,29)17-7-13(21)11(19)5-15(17)23/h4-7,9H,2-3,8H2,1H3. The van der Waals surface area contributed by atoms with E-state index < -0.39 is 90.4 Å². The van der Waals surface area contributed by atoms with E-state index in [1.54, 1.807) is 0 Å². The molecule has 2 aromatic rings. The van der Waals surface area contributed by atoms with E-state index in [0.717, 1.165) is 0 Å². The lowest BCUT2D eigenvalue weighted by Crippen LogP contribution is -2.55. The number of nitrogens with zero attached hydrogens (tertiary/aromatic N) is 2. The average Bonchev–Trinajstić information content (AvgIpc) is 2.66. The lowest BCUT2D eigenvalue weighted by molar-refractivity contribution is 0.211. The fourth-order valence-corrected chi connectivity index (χ4v) is 6.40. The van der Waals surface area contributed by atoms with Crippen molar-refractivity contribution >= 4 is 20.0 Å². The molecule has 0 amide bonds. The topological polar surface area (TPSA) is 74.8 Å². The molecule has 0 N–H and O–H groups in total. The van der Waals surface area contributed by atoms with Crippen molar-refractivity contribution in [2.24, 2.45) is 0 Å². The second kappa shape index (κ2) is 8.07. The molecule has 31 heavy (non-hydrogen) atoms. The molecule has 0 saturated carbocycles. The van der Waals surface area contributed by atoms with E-state index >= 15 is 0 Å². The number of piperazine rings is 1. The molecular formula is C17H14F6N2O4S2. The Morgan fingerprint density at radius 1 is 0.677 bits per heavy atom. The van der Waals surface area contributed by atoms with E-state index in [0.29, 0.717) is 8.61 Å². The van der Waals surface area contributed by atoms with E-state index in [1.807, 2.05) is 0 Å². The van der Waals surface area contributed by atoms with Gasteiger partial charge in [-0.2, -0.15) is 8.61 Å². The summed E-state index contributed by atoms with van der Waals surface area (Å²) in [4.78, 5) is -2.28. The Kier molecular flexibility index (Phi) is 6.12. The maximum Gasteiger partial charge on any atom is 0.246 e. The van der Waals surface area contributed by atoms with Crippen molar-refractivity contribution in [1.29, 1.82) is 0 Å². The number of halogens is 6. The molecule has 0 spiro atoms. The third-order valence-corrected chi connectivity index (χ3v) is 8.59. The Bertz CT molecular complexity index is 1250. The minimum atomic E-state index is -4.69. The van der Waals surface area contributed by atoms with Crippen LogP contribution in [0.5, 0.6) is 0 Å². The van der Waals surface area contributed by atoms with Crippen LogP contribution in [0.3, 0.4) is 0 Å². The quantitative estimate of drug-likeness (QED) is 0.490. The number of sulfonamides is 2. The third-order valence-electron chi connectivity index (χ3n) is 4.68. The summed E-state index contributed by atoms with van der Waals surface area (Å²) in [6.07, 6.45) is 0. The van der Waals surface area contributed by atoms with E-state index in [-0.39, 0.29) is 24.3 Å². The monoisotopic (exact) mass is 488 g/mol. The summed E-state index contributed by atoms with van der Waals surface area (Å²) in [5, 5.41) is 0. The van der Waals surface area contributed by atoms with Gasteiger partial charge in [0.1, 0.15) is 21.4 Å². The van der Waals surface area contributed by atoms with E-state index in [2.05, 4.69) is 0 Å². The van der Waals surface area contributed by atoms with Crippen LogP contribution < -0.4 is 0 Å². The molecule has 0 aliphatic carbocycles. The zero-order valence-corrected chi connectivity index (χ0v) is 17.3. The molecule has 1 aliphatic rings. The van der Waals surface area contributed by atoms with Gasteiger partial charge in [0.25, 0.3) is 0 Å². The van der Waals surface area contributed by atoms with Crippen LogP contribution in [-0.4, -0.2) is 51.1 Å². The predicted molar refractivity (Wildman–Crippen MR) is 94.7 cm³/mol. The smallest absolute Gasteiger partial charge is 0.207 e. The lowest BCUT2D eigenvalue weighted by atomic mass is 10.3. The highest BCUT2D eigenvalue weighted by Gasteiger charge is 2.40. The fraction of sp³-hybridized carbons (Fsp3) is 0.294. The van der Waals surface area contributed by atoms with Gasteiger partial charge in [-0.3, -0.25) is 0 Å². The molecule has 3 rings (SSSR count). The minimum absolute atomic E-state index is 0.0677. The first-order valence-electron chi connectivity index (χ1n) is 8.58. The van der Waals surface area contributed by atoms with E-state index in [9.17, 15) is 43.2 Å². The van der Waals surface area contributed by atoms with Gasteiger partial charge in [0.05, 0.1) is 0 Å². The summed E-state index contributed by atoms with van der Waals surface area (Å²) in [7, 11) is -9.36. The van der Waals surface area contributed by atoms with Crippen molar-refractivity contribution in [1.82, 2.24) is 8.61 Å². The highest BCUT2D eigenvalue weighted by Crippen LogP contribution is 2.29. The van der Waals surface area contributed by atoms with Crippen LogP contribution in [0.25, 0.3) is 0 Å². The van der Waals surface area contributed by atoms with Gasteiger partial charge in [-0.25, -0.2) is 43.2 Å². The van der Waals surface area contributed by atoms with Gasteiger partial charge in [-0.15, -0.1) is 0 Å². The molecule has 0 bridgehead atoms. The normalized spacial score (nSPS) is 19.0. The van der Waals surface area contributed by atoms with E-state index in [1.165, 1.54) is 6.92 Å². The largest absolute Gasteiger partial charge is 0.246 e. The summed E-state index contributed by atoms with van der Waals surface area (Å²) in [5.74, 6) is -9.44. The fourth-order valence-electron chi connectivity index (χ4n) is 3.15. The Balaban J connectivity index is 1.90. The maximum atomic E-state index is 14.0. The lowest BCUT2D eigenvalue weighted by Gasteiger charge is -2.38. The molecule has 0 radical (unpaired) electrons. The summed E-state index contributed by atoms with van der Waals surface area (Å²) in [6, 6.07) is -0.663. The first-order chi connectivity index (χ1) is 14.3. The number of hydrogen-bond donors (Lipinski definition) is 0. The minimum Gasteiger partial charge on any atom is -0.207 e. The molecule has 1 aliphatic heterocycles. The molecule has 1 fully saturated rings. The Hall–Kier alpha value is -2.16. The van der Waals surface area contributed by atoms with Gasteiger partial charge in [0.2, 0.25) is 20.0 Å². The van der Waals surface area contributed by atoms with Crippen molar-refractivity contribution in [3.8, 4) is 0 Å². The summed E-state index contributed by atoms with van der Waals surface area (Å²) >= 11 is 0. The van der Waals surface area contributed by atoms with Gasteiger partial charge < -0.3 is 0 Å². The number of rotatable bonds is 4. The predicted octanol–water partition coefficient (Wildman–Crippen LogP) is 2.60. The number of hydrogen-bond acceptors (Lipinski definition) is 4. The average molecular weight is 488 g/mol. The number of benzene rings is 2. The Labute approximate surface area is 173 Å². The molecule has 1 atom stereocenters. The van der Waals surface area contributed by atoms with Gasteiger partial charge >= 0.3 is 0 Å². The van der Waals surface area contributed by atoms with Crippen LogP contribution >= 0.6 is 0 Å². The van der Waals surface area contributed by atoms with Gasteiger partial charge in [0, 0.05) is 37.8 Å². The molecule has 6 nitrogen and oxygen atoms in total. The highest BCUT2D eigenvalue weighted by molar-refractivity contribution is 7.89. The van der Waals surface area contributed by atoms with Crippen molar-refractivity contribution in [2.45, 2.75) is 22.8 Å². The zero-order chi connectivity index (χ0) is 23.3. The molecule has 0 aromatic heterocycles. The van der Waals surface area contributed by atoms with Gasteiger partial charge in [0.15, 0.2) is 23.3 Å². The van der Waals surface area contributed by atoms with Gasteiger partial charge in [-0.05, 0) is 19.1 Å². The van der Waals surface area contributed by atoms with Crippen molar-refractivity contribution in [2.75, 3.05) is 19.6 Å². The SMILES string of the molecule is CC1CN(S(=O)(=O)c2cc(F)c(F)cc2F)CCN1S(=O)(=O)c1cc(F)c(F)cc1F. The first-order valence-corrected chi connectivity index (χ1v) is 11.5. The molecule has 1 saturated heterocycles.